The normalized spacial score (nSPS) is 10.6. The minimum atomic E-state index is -0.109. The van der Waals surface area contributed by atoms with Crippen molar-refractivity contribution in [2.75, 3.05) is 27.2 Å². The molecule has 0 saturated heterocycles. The summed E-state index contributed by atoms with van der Waals surface area (Å²) in [4.78, 5) is 26.4. The number of hydrogen-bond acceptors (Lipinski definition) is 3. The van der Waals surface area contributed by atoms with Gasteiger partial charge in [0.15, 0.2) is 5.78 Å². The maximum Gasteiger partial charge on any atom is 0.251 e. The third-order valence-corrected chi connectivity index (χ3v) is 3.51. The second-order valence-electron chi connectivity index (χ2n) is 5.69. The highest BCUT2D eigenvalue weighted by Crippen LogP contribution is 2.11. The molecule has 0 aliphatic rings. The molecular weight excluding hydrogens is 288 g/mol. The first-order valence-corrected chi connectivity index (χ1v) is 7.70. The van der Waals surface area contributed by atoms with Crippen LogP contribution in [-0.4, -0.2) is 43.8 Å². The van der Waals surface area contributed by atoms with Crippen molar-refractivity contribution in [3.8, 4) is 0 Å². The average Bonchev–Trinajstić information content (AvgIpc) is 2.58. The van der Waals surface area contributed by atoms with Gasteiger partial charge in [0.1, 0.15) is 0 Å². The lowest BCUT2D eigenvalue weighted by Gasteiger charge is -2.10. The van der Waals surface area contributed by atoms with Crippen LogP contribution in [0.15, 0.2) is 54.6 Å². The van der Waals surface area contributed by atoms with Crippen LogP contribution >= 0.6 is 0 Å². The van der Waals surface area contributed by atoms with Gasteiger partial charge < -0.3 is 10.2 Å². The first-order chi connectivity index (χ1) is 11.1. The SMILES string of the molecule is CN(C)CCCNC(=O)c1ccc(C(=O)c2ccccc2)cc1. The van der Waals surface area contributed by atoms with Crippen LogP contribution in [0.1, 0.15) is 32.7 Å². The molecule has 4 nitrogen and oxygen atoms in total. The number of hydrogen-bond donors (Lipinski definition) is 1. The standard InChI is InChI=1S/C19H22N2O2/c1-21(2)14-6-13-20-19(23)17-11-9-16(10-12-17)18(22)15-7-4-3-5-8-15/h3-5,7-12H,6,13-14H2,1-2H3,(H,20,23). The molecular formula is C19H22N2O2. The Balaban J connectivity index is 1.94. The summed E-state index contributed by atoms with van der Waals surface area (Å²) in [5.74, 6) is -0.147. The summed E-state index contributed by atoms with van der Waals surface area (Å²) >= 11 is 0. The van der Waals surface area contributed by atoms with Crippen LogP contribution in [0.4, 0.5) is 0 Å². The Kier molecular flexibility index (Phi) is 6.06. The van der Waals surface area contributed by atoms with E-state index in [0.29, 0.717) is 23.2 Å². The highest BCUT2D eigenvalue weighted by atomic mass is 16.1. The highest BCUT2D eigenvalue weighted by molar-refractivity contribution is 6.09. The molecule has 0 bridgehead atoms. The van der Waals surface area contributed by atoms with Crippen molar-refractivity contribution in [3.63, 3.8) is 0 Å². The molecule has 2 rings (SSSR count). The van der Waals surface area contributed by atoms with Gasteiger partial charge in [0, 0.05) is 23.2 Å². The molecule has 0 aromatic heterocycles. The summed E-state index contributed by atoms with van der Waals surface area (Å²) in [7, 11) is 4.01. The van der Waals surface area contributed by atoms with Crippen molar-refractivity contribution in [3.05, 3.63) is 71.3 Å². The fourth-order valence-corrected chi connectivity index (χ4v) is 2.23. The molecule has 2 aromatic rings. The molecule has 0 fully saturated rings. The van der Waals surface area contributed by atoms with Gasteiger partial charge in [-0.2, -0.15) is 0 Å². The largest absolute Gasteiger partial charge is 0.352 e. The van der Waals surface area contributed by atoms with Crippen LogP contribution in [-0.2, 0) is 0 Å². The molecule has 0 saturated carbocycles. The summed E-state index contributed by atoms with van der Waals surface area (Å²) in [5.41, 5.74) is 1.80. The van der Waals surface area contributed by atoms with E-state index >= 15 is 0 Å². The van der Waals surface area contributed by atoms with Crippen LogP contribution in [0.2, 0.25) is 0 Å². The van der Waals surface area contributed by atoms with Crippen molar-refractivity contribution in [2.24, 2.45) is 0 Å². The molecule has 1 amide bonds. The summed E-state index contributed by atoms with van der Waals surface area (Å²) in [6, 6.07) is 15.9. The number of benzene rings is 2. The fraction of sp³-hybridized carbons (Fsp3) is 0.263. The lowest BCUT2D eigenvalue weighted by atomic mass is 10.0. The average molecular weight is 310 g/mol. The number of nitrogens with one attached hydrogen (secondary N) is 1. The molecule has 0 atom stereocenters. The minimum absolute atomic E-state index is 0.0384. The molecule has 0 unspecified atom stereocenters. The molecule has 1 N–H and O–H groups in total. The van der Waals surface area contributed by atoms with Crippen molar-refractivity contribution in [1.29, 1.82) is 0 Å². The number of carbonyl (C=O) groups is 2. The van der Waals surface area contributed by atoms with E-state index in [1.54, 1.807) is 36.4 Å². The molecule has 0 heterocycles. The monoisotopic (exact) mass is 310 g/mol. The molecule has 0 aliphatic carbocycles. The molecule has 2 aromatic carbocycles. The summed E-state index contributed by atoms with van der Waals surface area (Å²) in [5, 5.41) is 2.88. The van der Waals surface area contributed by atoms with Gasteiger partial charge in [0.2, 0.25) is 0 Å². The van der Waals surface area contributed by atoms with Crippen LogP contribution < -0.4 is 5.32 Å². The zero-order chi connectivity index (χ0) is 16.7. The number of ketones is 1. The van der Waals surface area contributed by atoms with E-state index in [1.807, 2.05) is 32.3 Å². The van der Waals surface area contributed by atoms with E-state index in [2.05, 4.69) is 10.2 Å². The molecule has 0 spiro atoms. The van der Waals surface area contributed by atoms with Gasteiger partial charge >= 0.3 is 0 Å². The number of nitrogens with zero attached hydrogens (tertiary/aromatic N) is 1. The highest BCUT2D eigenvalue weighted by Gasteiger charge is 2.10. The van der Waals surface area contributed by atoms with Gasteiger partial charge in [0.05, 0.1) is 0 Å². The second kappa shape index (κ2) is 8.25. The molecule has 23 heavy (non-hydrogen) atoms. The zero-order valence-electron chi connectivity index (χ0n) is 13.6. The quantitative estimate of drug-likeness (QED) is 0.632. The second-order valence-corrected chi connectivity index (χ2v) is 5.69. The Morgan fingerprint density at radius 1 is 0.870 bits per heavy atom. The Morgan fingerprint density at radius 2 is 1.43 bits per heavy atom. The van der Waals surface area contributed by atoms with E-state index in [1.165, 1.54) is 0 Å². The van der Waals surface area contributed by atoms with Crippen LogP contribution in [0.25, 0.3) is 0 Å². The van der Waals surface area contributed by atoms with Crippen molar-refractivity contribution in [2.45, 2.75) is 6.42 Å². The van der Waals surface area contributed by atoms with Crippen molar-refractivity contribution >= 4 is 11.7 Å². The zero-order valence-corrected chi connectivity index (χ0v) is 13.6. The Hall–Kier alpha value is -2.46. The topological polar surface area (TPSA) is 49.4 Å². The van der Waals surface area contributed by atoms with Gasteiger partial charge in [-0.3, -0.25) is 9.59 Å². The van der Waals surface area contributed by atoms with E-state index in [0.717, 1.165) is 13.0 Å². The van der Waals surface area contributed by atoms with Crippen LogP contribution in [0.3, 0.4) is 0 Å². The minimum Gasteiger partial charge on any atom is -0.352 e. The van der Waals surface area contributed by atoms with Gasteiger partial charge in [-0.25, -0.2) is 0 Å². The third-order valence-electron chi connectivity index (χ3n) is 3.51. The van der Waals surface area contributed by atoms with E-state index in [-0.39, 0.29) is 11.7 Å². The van der Waals surface area contributed by atoms with Crippen molar-refractivity contribution < 1.29 is 9.59 Å². The number of carbonyl (C=O) groups excluding carboxylic acids is 2. The smallest absolute Gasteiger partial charge is 0.251 e. The lowest BCUT2D eigenvalue weighted by Crippen LogP contribution is -2.27. The number of amides is 1. The number of rotatable bonds is 7. The van der Waals surface area contributed by atoms with Gasteiger partial charge in [-0.15, -0.1) is 0 Å². The molecule has 4 heteroatoms. The van der Waals surface area contributed by atoms with Gasteiger partial charge in [0.25, 0.3) is 5.91 Å². The molecule has 0 radical (unpaired) electrons. The van der Waals surface area contributed by atoms with E-state index in [9.17, 15) is 9.59 Å². The third kappa shape index (κ3) is 5.04. The van der Waals surface area contributed by atoms with Crippen molar-refractivity contribution in [1.82, 2.24) is 10.2 Å². The van der Waals surface area contributed by atoms with Gasteiger partial charge in [-0.05, 0) is 39.2 Å². The maximum absolute atomic E-state index is 12.3. The predicted octanol–water partition coefficient (Wildman–Crippen LogP) is 2.60. The molecule has 120 valence electrons. The van der Waals surface area contributed by atoms with E-state index < -0.39 is 0 Å². The van der Waals surface area contributed by atoms with E-state index in [4.69, 9.17) is 0 Å². The summed E-state index contributed by atoms with van der Waals surface area (Å²) in [6.45, 7) is 1.58. The Bertz CT molecular complexity index is 649. The predicted molar refractivity (Wildman–Crippen MR) is 91.8 cm³/mol. The Labute approximate surface area is 137 Å². The maximum atomic E-state index is 12.3. The molecule has 0 aliphatic heterocycles. The lowest BCUT2D eigenvalue weighted by molar-refractivity contribution is 0.0950. The summed E-state index contributed by atoms with van der Waals surface area (Å²) < 4.78 is 0. The first-order valence-electron chi connectivity index (χ1n) is 7.70. The fourth-order valence-electron chi connectivity index (χ4n) is 2.23. The Morgan fingerprint density at radius 3 is 2.04 bits per heavy atom. The van der Waals surface area contributed by atoms with Crippen LogP contribution in [0, 0.1) is 0 Å². The van der Waals surface area contributed by atoms with Gasteiger partial charge in [-0.1, -0.05) is 42.5 Å². The first kappa shape index (κ1) is 16.9. The van der Waals surface area contributed by atoms with Crippen LogP contribution in [0.5, 0.6) is 0 Å². The summed E-state index contributed by atoms with van der Waals surface area (Å²) in [6.07, 6.45) is 0.906.